The van der Waals surface area contributed by atoms with E-state index in [0.29, 0.717) is 0 Å². The number of benzene rings is 1. The van der Waals surface area contributed by atoms with Crippen molar-refractivity contribution >= 4 is 40.6 Å². The molecule has 6 heteroatoms. The van der Waals surface area contributed by atoms with E-state index in [4.69, 9.17) is 0 Å². The van der Waals surface area contributed by atoms with Crippen molar-refractivity contribution in [3.8, 4) is 0 Å². The molecule has 0 bridgehead atoms. The average Bonchev–Trinajstić information content (AvgIpc) is 2.86. The van der Waals surface area contributed by atoms with Crippen LogP contribution in [0.4, 0.5) is 0 Å². The molecule has 1 heterocycles. The number of aryl methyl sites for hydroxylation is 1. The van der Waals surface area contributed by atoms with Crippen LogP contribution in [0.15, 0.2) is 32.9 Å². The zero-order valence-corrected chi connectivity index (χ0v) is 13.4. The van der Waals surface area contributed by atoms with Crippen molar-refractivity contribution in [2.24, 2.45) is 0 Å². The smallest absolute Gasteiger partial charge is 0.175 e. The average molecular weight is 310 g/mol. The van der Waals surface area contributed by atoms with Crippen LogP contribution in [0.3, 0.4) is 0 Å². The van der Waals surface area contributed by atoms with Gasteiger partial charge in [-0.05, 0) is 20.1 Å². The Morgan fingerprint density at radius 3 is 2.42 bits per heavy atom. The summed E-state index contributed by atoms with van der Waals surface area (Å²) >= 11 is 4.57. The van der Waals surface area contributed by atoms with Gasteiger partial charge in [0.15, 0.2) is 14.5 Å². The maximum absolute atomic E-state index is 12.3. The Morgan fingerprint density at radius 2 is 1.84 bits per heavy atom. The SMILES string of the molecule is CSc1nnc(SC(C)C(=O)c2ccc(C)cc2)s1. The number of carbonyl (C=O) groups is 1. The summed E-state index contributed by atoms with van der Waals surface area (Å²) in [6.07, 6.45) is 1.97. The second-order valence-electron chi connectivity index (χ2n) is 4.03. The van der Waals surface area contributed by atoms with Gasteiger partial charge < -0.3 is 0 Å². The number of nitrogens with zero attached hydrogens (tertiary/aromatic N) is 2. The molecule has 1 aromatic heterocycles. The molecule has 0 aliphatic heterocycles. The first-order valence-corrected chi connectivity index (χ1v) is 8.67. The van der Waals surface area contributed by atoms with Crippen molar-refractivity contribution in [2.45, 2.75) is 27.8 Å². The van der Waals surface area contributed by atoms with Crippen LogP contribution in [0.25, 0.3) is 0 Å². The highest BCUT2D eigenvalue weighted by atomic mass is 32.2. The molecular weight excluding hydrogens is 296 g/mol. The number of carbonyl (C=O) groups excluding carboxylic acids is 1. The lowest BCUT2D eigenvalue weighted by molar-refractivity contribution is 0.0994. The summed E-state index contributed by atoms with van der Waals surface area (Å²) in [5.74, 6) is 0.130. The number of ketones is 1. The van der Waals surface area contributed by atoms with Gasteiger partial charge in [-0.15, -0.1) is 10.2 Å². The molecule has 2 aromatic rings. The summed E-state index contributed by atoms with van der Waals surface area (Å²) in [4.78, 5) is 12.3. The highest BCUT2D eigenvalue weighted by Gasteiger charge is 2.18. The molecule has 0 radical (unpaired) electrons. The van der Waals surface area contributed by atoms with Gasteiger partial charge in [0.05, 0.1) is 5.25 Å². The normalized spacial score (nSPS) is 12.4. The first kappa shape index (κ1) is 14.6. The molecule has 0 amide bonds. The van der Waals surface area contributed by atoms with Crippen LogP contribution >= 0.6 is 34.9 Å². The van der Waals surface area contributed by atoms with E-state index in [0.717, 1.165) is 19.8 Å². The van der Waals surface area contributed by atoms with Crippen molar-refractivity contribution in [2.75, 3.05) is 6.26 Å². The van der Waals surface area contributed by atoms with Crippen molar-refractivity contribution in [3.05, 3.63) is 35.4 Å². The van der Waals surface area contributed by atoms with Gasteiger partial charge in [-0.3, -0.25) is 4.79 Å². The van der Waals surface area contributed by atoms with Crippen LogP contribution < -0.4 is 0 Å². The lowest BCUT2D eigenvalue weighted by Crippen LogP contribution is -2.13. The molecule has 0 aliphatic carbocycles. The first-order chi connectivity index (χ1) is 9.10. The summed E-state index contributed by atoms with van der Waals surface area (Å²) in [5, 5.41) is 7.96. The molecular formula is C13H14N2OS3. The van der Waals surface area contributed by atoms with Gasteiger partial charge in [-0.25, -0.2) is 0 Å². The zero-order chi connectivity index (χ0) is 13.8. The molecule has 0 fully saturated rings. The Hall–Kier alpha value is -0.850. The molecule has 1 aromatic carbocycles. The Bertz CT molecular complexity index is 566. The second kappa shape index (κ2) is 6.54. The maximum atomic E-state index is 12.3. The van der Waals surface area contributed by atoms with Crippen molar-refractivity contribution in [3.63, 3.8) is 0 Å². The van der Waals surface area contributed by atoms with E-state index in [1.54, 1.807) is 11.8 Å². The van der Waals surface area contributed by atoms with Gasteiger partial charge in [0.2, 0.25) is 0 Å². The fourth-order valence-electron chi connectivity index (χ4n) is 1.48. The van der Waals surface area contributed by atoms with Crippen LogP contribution in [0, 0.1) is 6.92 Å². The molecule has 100 valence electrons. The predicted molar refractivity (Wildman–Crippen MR) is 82.5 cm³/mol. The van der Waals surface area contributed by atoms with Gasteiger partial charge in [0.1, 0.15) is 0 Å². The molecule has 0 aliphatic rings. The van der Waals surface area contributed by atoms with Crippen LogP contribution in [-0.2, 0) is 0 Å². The largest absolute Gasteiger partial charge is 0.293 e. The van der Waals surface area contributed by atoms with E-state index in [1.807, 2.05) is 44.4 Å². The van der Waals surface area contributed by atoms with Crippen LogP contribution in [0.2, 0.25) is 0 Å². The second-order valence-corrected chi connectivity index (χ2v) is 7.65. The van der Waals surface area contributed by atoms with Gasteiger partial charge >= 0.3 is 0 Å². The molecule has 19 heavy (non-hydrogen) atoms. The predicted octanol–water partition coefficient (Wildman–Crippen LogP) is 3.93. The van der Waals surface area contributed by atoms with Gasteiger partial charge in [0, 0.05) is 5.56 Å². The van der Waals surface area contributed by atoms with Crippen molar-refractivity contribution in [1.82, 2.24) is 10.2 Å². The minimum Gasteiger partial charge on any atom is -0.293 e. The third-order valence-corrected chi connectivity index (χ3v) is 5.63. The summed E-state index contributed by atoms with van der Waals surface area (Å²) in [6.45, 7) is 3.92. The molecule has 3 nitrogen and oxygen atoms in total. The number of aromatic nitrogens is 2. The fraction of sp³-hybridized carbons (Fsp3) is 0.308. The highest BCUT2D eigenvalue weighted by molar-refractivity contribution is 8.03. The Morgan fingerprint density at radius 1 is 1.21 bits per heavy atom. The Balaban J connectivity index is 2.04. The quantitative estimate of drug-likeness (QED) is 0.618. The molecule has 1 atom stereocenters. The minimum absolute atomic E-state index is 0.130. The molecule has 2 rings (SSSR count). The van der Waals surface area contributed by atoms with E-state index >= 15 is 0 Å². The summed E-state index contributed by atoms with van der Waals surface area (Å²) in [6, 6.07) is 7.67. The van der Waals surface area contributed by atoms with E-state index in [1.165, 1.54) is 23.1 Å². The number of thioether (sulfide) groups is 2. The number of hydrogen-bond donors (Lipinski definition) is 0. The Kier molecular flexibility index (Phi) is 5.01. The number of rotatable bonds is 5. The fourth-order valence-corrected chi connectivity index (χ4v) is 4.14. The lowest BCUT2D eigenvalue weighted by Gasteiger charge is -2.07. The van der Waals surface area contributed by atoms with Gasteiger partial charge in [-0.1, -0.05) is 64.7 Å². The third kappa shape index (κ3) is 3.81. The molecule has 0 N–H and O–H groups in total. The summed E-state index contributed by atoms with van der Waals surface area (Å²) in [5.41, 5.74) is 1.91. The van der Waals surface area contributed by atoms with E-state index in [9.17, 15) is 4.79 Å². The Labute approximate surface area is 125 Å². The lowest BCUT2D eigenvalue weighted by atomic mass is 10.1. The van der Waals surface area contributed by atoms with Crippen LogP contribution in [0.1, 0.15) is 22.8 Å². The molecule has 1 unspecified atom stereocenters. The van der Waals surface area contributed by atoms with E-state index in [-0.39, 0.29) is 11.0 Å². The maximum Gasteiger partial charge on any atom is 0.175 e. The molecule has 0 spiro atoms. The topological polar surface area (TPSA) is 42.9 Å². The zero-order valence-electron chi connectivity index (χ0n) is 10.9. The molecule has 0 saturated heterocycles. The van der Waals surface area contributed by atoms with Crippen molar-refractivity contribution < 1.29 is 4.79 Å². The minimum atomic E-state index is -0.148. The number of Topliss-reactive ketones (excluding diaryl/α,β-unsaturated/α-hetero) is 1. The van der Waals surface area contributed by atoms with Crippen LogP contribution in [-0.4, -0.2) is 27.5 Å². The van der Waals surface area contributed by atoms with Crippen LogP contribution in [0.5, 0.6) is 0 Å². The summed E-state index contributed by atoms with van der Waals surface area (Å²) in [7, 11) is 0. The monoisotopic (exact) mass is 310 g/mol. The van der Waals surface area contributed by atoms with E-state index in [2.05, 4.69) is 10.2 Å². The standard InChI is InChI=1S/C13H14N2OS3/c1-8-4-6-10(7-5-8)11(16)9(2)18-13-15-14-12(17-3)19-13/h4-7,9H,1-3H3. The molecule has 0 saturated carbocycles. The van der Waals surface area contributed by atoms with Gasteiger partial charge in [-0.2, -0.15) is 0 Å². The van der Waals surface area contributed by atoms with E-state index < -0.39 is 0 Å². The van der Waals surface area contributed by atoms with Gasteiger partial charge in [0.25, 0.3) is 0 Å². The number of hydrogen-bond acceptors (Lipinski definition) is 6. The summed E-state index contributed by atoms with van der Waals surface area (Å²) < 4.78 is 1.77. The first-order valence-electron chi connectivity index (χ1n) is 5.75. The third-order valence-electron chi connectivity index (χ3n) is 2.55. The van der Waals surface area contributed by atoms with Crippen molar-refractivity contribution in [1.29, 1.82) is 0 Å². The highest BCUT2D eigenvalue weighted by Crippen LogP contribution is 2.31.